The molecule has 5 nitrogen and oxygen atoms in total. The molecule has 27 heavy (non-hydrogen) atoms. The molecule has 0 saturated heterocycles. The zero-order valence-corrected chi connectivity index (χ0v) is 18.1. The number of aryl methyl sites for hydroxylation is 2. The van der Waals surface area contributed by atoms with Gasteiger partial charge in [0.05, 0.1) is 22.8 Å². The van der Waals surface area contributed by atoms with Gasteiger partial charge in [0.15, 0.2) is 0 Å². The molecule has 0 fully saturated rings. The molecule has 7 heteroatoms. The molecule has 1 aromatic heterocycles. The van der Waals surface area contributed by atoms with Crippen LogP contribution in [0.3, 0.4) is 0 Å². The molecule has 1 aliphatic rings. The van der Waals surface area contributed by atoms with Crippen LogP contribution in [0.25, 0.3) is 11.3 Å². The fourth-order valence-corrected chi connectivity index (χ4v) is 4.25. The van der Waals surface area contributed by atoms with Crippen molar-refractivity contribution < 1.29 is 13.9 Å². The number of hydrogen-bond acceptors (Lipinski definition) is 3. The standard InChI is InChI=1S/C20H25BrFN3O2/c1-11-9-14(10-12(2)16(11)22)17-15(21)18-13(3)24(7-8-25(18)23-17)19(26)27-20(4,5)6/h9-10,13H,7-8H2,1-6H3. The topological polar surface area (TPSA) is 47.4 Å². The predicted molar refractivity (Wildman–Crippen MR) is 106 cm³/mol. The molecule has 0 N–H and O–H groups in total. The Balaban J connectivity index is 1.98. The Morgan fingerprint density at radius 2 is 1.85 bits per heavy atom. The number of amides is 1. The third-order valence-electron chi connectivity index (χ3n) is 4.69. The van der Waals surface area contributed by atoms with E-state index in [9.17, 15) is 9.18 Å². The first-order valence-corrected chi connectivity index (χ1v) is 9.82. The smallest absolute Gasteiger partial charge is 0.410 e. The normalized spacial score (nSPS) is 17.0. The van der Waals surface area contributed by atoms with Gasteiger partial charge in [-0.3, -0.25) is 9.58 Å². The highest BCUT2D eigenvalue weighted by Gasteiger charge is 2.34. The van der Waals surface area contributed by atoms with Crippen molar-refractivity contribution in [2.75, 3.05) is 6.54 Å². The summed E-state index contributed by atoms with van der Waals surface area (Å²) in [5.74, 6) is -0.191. The Morgan fingerprint density at radius 1 is 1.26 bits per heavy atom. The third kappa shape index (κ3) is 3.74. The van der Waals surface area contributed by atoms with Crippen molar-refractivity contribution in [3.63, 3.8) is 0 Å². The highest BCUT2D eigenvalue weighted by molar-refractivity contribution is 9.10. The van der Waals surface area contributed by atoms with Gasteiger partial charge >= 0.3 is 6.09 Å². The van der Waals surface area contributed by atoms with Crippen LogP contribution in [0.4, 0.5) is 9.18 Å². The van der Waals surface area contributed by atoms with Gasteiger partial charge < -0.3 is 4.74 Å². The fraction of sp³-hybridized carbons (Fsp3) is 0.500. The van der Waals surface area contributed by atoms with E-state index in [4.69, 9.17) is 9.84 Å². The van der Waals surface area contributed by atoms with E-state index < -0.39 is 5.60 Å². The quantitative estimate of drug-likeness (QED) is 0.601. The summed E-state index contributed by atoms with van der Waals surface area (Å²) < 4.78 is 22.3. The maximum atomic E-state index is 14.0. The van der Waals surface area contributed by atoms with Crippen LogP contribution < -0.4 is 0 Å². The van der Waals surface area contributed by atoms with Crippen molar-refractivity contribution in [1.29, 1.82) is 0 Å². The van der Waals surface area contributed by atoms with Crippen LogP contribution in [-0.4, -0.2) is 32.9 Å². The second kappa shape index (κ2) is 6.93. The van der Waals surface area contributed by atoms with Gasteiger partial charge in [0, 0.05) is 12.1 Å². The Morgan fingerprint density at radius 3 is 2.41 bits per heavy atom. The number of fused-ring (bicyclic) bond motifs is 1. The molecular formula is C20H25BrFN3O2. The van der Waals surface area contributed by atoms with Crippen molar-refractivity contribution >= 4 is 22.0 Å². The second-order valence-corrected chi connectivity index (χ2v) is 8.84. The molecule has 0 aliphatic carbocycles. The maximum Gasteiger partial charge on any atom is 0.410 e. The number of carbonyl (C=O) groups excluding carboxylic acids is 1. The zero-order chi connectivity index (χ0) is 20.1. The summed E-state index contributed by atoms with van der Waals surface area (Å²) in [6.45, 7) is 12.2. The summed E-state index contributed by atoms with van der Waals surface area (Å²) >= 11 is 3.66. The molecule has 1 amide bonds. The van der Waals surface area contributed by atoms with Crippen LogP contribution in [0.2, 0.25) is 0 Å². The van der Waals surface area contributed by atoms with Crippen LogP contribution in [0.1, 0.15) is 50.6 Å². The highest BCUT2D eigenvalue weighted by Crippen LogP contribution is 2.39. The second-order valence-electron chi connectivity index (χ2n) is 8.04. The number of hydrogen-bond donors (Lipinski definition) is 0. The monoisotopic (exact) mass is 437 g/mol. The number of aromatic nitrogens is 2. The predicted octanol–water partition coefficient (Wildman–Crippen LogP) is 5.38. The van der Waals surface area contributed by atoms with Crippen molar-refractivity contribution in [1.82, 2.24) is 14.7 Å². The molecule has 2 heterocycles. The van der Waals surface area contributed by atoms with Gasteiger partial charge in [-0.25, -0.2) is 9.18 Å². The molecule has 146 valence electrons. The molecule has 1 aromatic carbocycles. The molecule has 0 radical (unpaired) electrons. The van der Waals surface area contributed by atoms with E-state index in [1.807, 2.05) is 32.4 Å². The third-order valence-corrected chi connectivity index (χ3v) is 5.47. The van der Waals surface area contributed by atoms with Crippen molar-refractivity contribution in [2.24, 2.45) is 0 Å². The number of rotatable bonds is 1. The van der Waals surface area contributed by atoms with Crippen molar-refractivity contribution in [2.45, 2.75) is 59.7 Å². The molecule has 0 bridgehead atoms. The summed E-state index contributed by atoms with van der Waals surface area (Å²) in [5, 5.41) is 4.72. The average Bonchev–Trinajstić information content (AvgIpc) is 2.88. The lowest BCUT2D eigenvalue weighted by Gasteiger charge is -2.35. The minimum absolute atomic E-state index is 0.188. The van der Waals surface area contributed by atoms with Gasteiger partial charge in [0.2, 0.25) is 0 Å². The molecule has 0 saturated carbocycles. The molecule has 1 atom stereocenters. The highest BCUT2D eigenvalue weighted by atomic mass is 79.9. The van der Waals surface area contributed by atoms with Crippen LogP contribution in [0.15, 0.2) is 16.6 Å². The Kier molecular flexibility index (Phi) is 5.10. The Labute approximate surface area is 167 Å². The first kappa shape index (κ1) is 19.9. The summed E-state index contributed by atoms with van der Waals surface area (Å²) in [5.41, 5.74) is 3.17. The van der Waals surface area contributed by atoms with Gasteiger partial charge in [0.1, 0.15) is 17.1 Å². The van der Waals surface area contributed by atoms with E-state index in [1.54, 1.807) is 30.9 Å². The number of benzene rings is 1. The van der Waals surface area contributed by atoms with Crippen LogP contribution in [0, 0.1) is 19.7 Å². The average molecular weight is 438 g/mol. The first-order chi connectivity index (χ1) is 12.5. The largest absolute Gasteiger partial charge is 0.444 e. The number of ether oxygens (including phenoxy) is 1. The minimum Gasteiger partial charge on any atom is -0.444 e. The van der Waals surface area contributed by atoms with Crippen LogP contribution >= 0.6 is 15.9 Å². The van der Waals surface area contributed by atoms with E-state index in [0.29, 0.717) is 24.2 Å². The van der Waals surface area contributed by atoms with Crippen LogP contribution in [-0.2, 0) is 11.3 Å². The lowest BCUT2D eigenvalue weighted by molar-refractivity contribution is 0.0119. The van der Waals surface area contributed by atoms with Gasteiger partial charge in [-0.1, -0.05) is 0 Å². The summed E-state index contributed by atoms with van der Waals surface area (Å²) in [6, 6.07) is 3.42. The fourth-order valence-electron chi connectivity index (χ4n) is 3.40. The molecule has 2 aromatic rings. The van der Waals surface area contributed by atoms with E-state index in [1.165, 1.54) is 0 Å². The summed E-state index contributed by atoms with van der Waals surface area (Å²) in [6.07, 6.45) is -0.329. The molecule has 3 rings (SSSR count). The van der Waals surface area contributed by atoms with E-state index >= 15 is 0 Å². The minimum atomic E-state index is -0.542. The summed E-state index contributed by atoms with van der Waals surface area (Å²) in [4.78, 5) is 14.3. The van der Waals surface area contributed by atoms with Gasteiger partial charge in [-0.15, -0.1) is 0 Å². The SMILES string of the molecule is Cc1cc(-c2nn3c(c2Br)C(C)N(C(=O)OC(C)(C)C)CC3)cc(C)c1F. The van der Waals surface area contributed by atoms with Crippen molar-refractivity contribution in [3.8, 4) is 11.3 Å². The number of halogens is 2. The lowest BCUT2D eigenvalue weighted by atomic mass is 10.0. The lowest BCUT2D eigenvalue weighted by Crippen LogP contribution is -2.43. The van der Waals surface area contributed by atoms with Gasteiger partial charge in [0.25, 0.3) is 0 Å². The Hall–Kier alpha value is -1.89. The van der Waals surface area contributed by atoms with Crippen LogP contribution in [0.5, 0.6) is 0 Å². The molecule has 1 aliphatic heterocycles. The van der Waals surface area contributed by atoms with E-state index in [-0.39, 0.29) is 18.0 Å². The number of carbonyl (C=O) groups is 1. The van der Waals surface area contributed by atoms with Gasteiger partial charge in [-0.2, -0.15) is 5.10 Å². The first-order valence-electron chi connectivity index (χ1n) is 9.02. The van der Waals surface area contributed by atoms with E-state index in [2.05, 4.69) is 15.9 Å². The maximum absolute atomic E-state index is 14.0. The zero-order valence-electron chi connectivity index (χ0n) is 16.6. The summed E-state index contributed by atoms with van der Waals surface area (Å²) in [7, 11) is 0. The molecule has 1 unspecified atom stereocenters. The molecule has 0 spiro atoms. The number of nitrogens with zero attached hydrogens (tertiary/aromatic N) is 3. The Bertz CT molecular complexity index is 878. The van der Waals surface area contributed by atoms with E-state index in [0.717, 1.165) is 21.4 Å². The van der Waals surface area contributed by atoms with Gasteiger partial charge in [-0.05, 0) is 80.7 Å². The molecular weight excluding hydrogens is 413 g/mol. The van der Waals surface area contributed by atoms with Crippen molar-refractivity contribution in [3.05, 3.63) is 39.2 Å².